The number of carbonyl (C=O) groups excluding carboxylic acids is 1. The highest BCUT2D eigenvalue weighted by Crippen LogP contribution is 2.28. The molecule has 0 aromatic carbocycles. The molecule has 0 aliphatic carbocycles. The number of carbonyl (C=O) groups is 1. The molecule has 2 aromatic rings. The molecule has 0 radical (unpaired) electrons. The molecule has 0 bridgehead atoms. The van der Waals surface area contributed by atoms with Crippen LogP contribution >= 0.6 is 0 Å². The Morgan fingerprint density at radius 1 is 1.33 bits per heavy atom. The number of imidazole rings is 1. The monoisotopic (exact) mass is 329 g/mol. The summed E-state index contributed by atoms with van der Waals surface area (Å²) in [6, 6.07) is 0.327. The summed E-state index contributed by atoms with van der Waals surface area (Å²) in [6.07, 6.45) is 5.99. The summed E-state index contributed by atoms with van der Waals surface area (Å²) in [5, 5.41) is 4.46. The Balaban J connectivity index is 1.78. The van der Waals surface area contributed by atoms with Crippen LogP contribution in [0.25, 0.3) is 0 Å². The van der Waals surface area contributed by atoms with Gasteiger partial charge >= 0.3 is 0 Å². The van der Waals surface area contributed by atoms with Crippen molar-refractivity contribution in [2.45, 2.75) is 52.5 Å². The highest BCUT2D eigenvalue weighted by molar-refractivity contribution is 5.84. The Kier molecular flexibility index (Phi) is 4.47. The Bertz CT molecular complexity index is 745. The van der Waals surface area contributed by atoms with Crippen molar-refractivity contribution in [3.8, 4) is 0 Å². The van der Waals surface area contributed by atoms with E-state index in [2.05, 4.69) is 14.6 Å². The van der Waals surface area contributed by atoms with E-state index in [4.69, 9.17) is 0 Å². The van der Waals surface area contributed by atoms with Crippen LogP contribution in [0.4, 0.5) is 0 Å². The lowest BCUT2D eigenvalue weighted by atomic mass is 9.95. The second kappa shape index (κ2) is 6.42. The summed E-state index contributed by atoms with van der Waals surface area (Å²) in [6.45, 7) is 9.65. The molecule has 3 rings (SSSR count). The predicted molar refractivity (Wildman–Crippen MR) is 92.9 cm³/mol. The van der Waals surface area contributed by atoms with Crippen LogP contribution in [0.3, 0.4) is 0 Å². The summed E-state index contributed by atoms with van der Waals surface area (Å²) in [7, 11) is 1.93. The molecule has 6 heteroatoms. The maximum absolute atomic E-state index is 13.1. The first-order valence-corrected chi connectivity index (χ1v) is 8.68. The Morgan fingerprint density at radius 3 is 2.67 bits per heavy atom. The van der Waals surface area contributed by atoms with E-state index in [1.165, 1.54) is 0 Å². The van der Waals surface area contributed by atoms with Gasteiger partial charge in [0.2, 0.25) is 5.91 Å². The zero-order chi connectivity index (χ0) is 17.4. The highest BCUT2D eigenvalue weighted by Gasteiger charge is 2.31. The van der Waals surface area contributed by atoms with Gasteiger partial charge in [-0.2, -0.15) is 5.10 Å². The van der Waals surface area contributed by atoms with Crippen molar-refractivity contribution < 1.29 is 4.79 Å². The van der Waals surface area contributed by atoms with E-state index in [9.17, 15) is 4.79 Å². The van der Waals surface area contributed by atoms with Gasteiger partial charge in [-0.15, -0.1) is 0 Å². The van der Waals surface area contributed by atoms with Gasteiger partial charge in [-0.3, -0.25) is 9.48 Å². The number of aromatic nitrogens is 4. The standard InChI is InChI=1S/C18H27N5O/c1-12(17-13(2)20-21(5)14(17)3)18(24)22-9-6-7-16(11-22)23-10-8-19-15(23)4/h8,10,12,16H,6-7,9,11H2,1-5H3/t12-,16+/m0/s1. The van der Waals surface area contributed by atoms with Crippen LogP contribution < -0.4 is 0 Å². The molecular weight excluding hydrogens is 302 g/mol. The van der Waals surface area contributed by atoms with Gasteiger partial charge in [-0.25, -0.2) is 4.98 Å². The number of piperidine rings is 1. The molecule has 1 saturated heterocycles. The third-order valence-corrected chi connectivity index (χ3v) is 5.33. The molecule has 2 atom stereocenters. The first-order valence-electron chi connectivity index (χ1n) is 8.68. The predicted octanol–water partition coefficient (Wildman–Crippen LogP) is 2.51. The molecule has 1 amide bonds. The molecule has 3 heterocycles. The highest BCUT2D eigenvalue weighted by atomic mass is 16.2. The van der Waals surface area contributed by atoms with Gasteiger partial charge in [0, 0.05) is 43.8 Å². The zero-order valence-corrected chi connectivity index (χ0v) is 15.3. The normalized spacial score (nSPS) is 19.5. The summed E-state index contributed by atoms with van der Waals surface area (Å²) in [4.78, 5) is 19.4. The zero-order valence-electron chi connectivity index (χ0n) is 15.3. The van der Waals surface area contributed by atoms with E-state index in [0.717, 1.165) is 48.7 Å². The molecule has 1 fully saturated rings. The average Bonchev–Trinajstić information content (AvgIpc) is 3.10. The maximum atomic E-state index is 13.1. The van der Waals surface area contributed by atoms with Gasteiger partial charge in [0.25, 0.3) is 0 Å². The molecule has 130 valence electrons. The van der Waals surface area contributed by atoms with Crippen LogP contribution in [-0.2, 0) is 11.8 Å². The average molecular weight is 329 g/mol. The summed E-state index contributed by atoms with van der Waals surface area (Å²) < 4.78 is 4.06. The Hall–Kier alpha value is -2.11. The van der Waals surface area contributed by atoms with Gasteiger partial charge in [0.1, 0.15) is 5.82 Å². The largest absolute Gasteiger partial charge is 0.340 e. The lowest BCUT2D eigenvalue weighted by Crippen LogP contribution is -2.42. The van der Waals surface area contributed by atoms with E-state index in [1.54, 1.807) is 0 Å². The second-order valence-corrected chi connectivity index (χ2v) is 6.89. The van der Waals surface area contributed by atoms with Crippen molar-refractivity contribution in [1.82, 2.24) is 24.2 Å². The SMILES string of the molecule is Cc1nn(C)c(C)c1[C@H](C)C(=O)N1CCC[C@@H](n2ccnc2C)C1. The van der Waals surface area contributed by atoms with Crippen LogP contribution in [0.2, 0.25) is 0 Å². The molecular formula is C18H27N5O. The minimum Gasteiger partial charge on any atom is -0.340 e. The summed E-state index contributed by atoms with van der Waals surface area (Å²) in [5.41, 5.74) is 3.10. The van der Waals surface area contributed by atoms with Crippen molar-refractivity contribution in [1.29, 1.82) is 0 Å². The molecule has 1 aliphatic heterocycles. The Labute approximate surface area is 143 Å². The fourth-order valence-corrected chi connectivity index (χ4v) is 3.97. The van der Waals surface area contributed by atoms with Gasteiger partial charge in [-0.05, 0) is 40.5 Å². The second-order valence-electron chi connectivity index (χ2n) is 6.89. The van der Waals surface area contributed by atoms with E-state index >= 15 is 0 Å². The van der Waals surface area contributed by atoms with E-state index in [0.29, 0.717) is 6.04 Å². The Morgan fingerprint density at radius 2 is 2.08 bits per heavy atom. The quantitative estimate of drug-likeness (QED) is 0.869. The van der Waals surface area contributed by atoms with Crippen molar-refractivity contribution >= 4 is 5.91 Å². The molecule has 0 unspecified atom stereocenters. The lowest BCUT2D eigenvalue weighted by Gasteiger charge is -2.35. The minimum atomic E-state index is -0.152. The van der Waals surface area contributed by atoms with Crippen LogP contribution in [-0.4, -0.2) is 43.2 Å². The van der Waals surface area contributed by atoms with Gasteiger partial charge in [0.05, 0.1) is 17.7 Å². The van der Waals surface area contributed by atoms with Crippen LogP contribution in [0.5, 0.6) is 0 Å². The van der Waals surface area contributed by atoms with Gasteiger partial charge in [0.15, 0.2) is 0 Å². The van der Waals surface area contributed by atoms with Crippen LogP contribution in [0.15, 0.2) is 12.4 Å². The van der Waals surface area contributed by atoms with Gasteiger partial charge in [-0.1, -0.05) is 0 Å². The van der Waals surface area contributed by atoms with E-state index < -0.39 is 0 Å². The smallest absolute Gasteiger partial charge is 0.230 e. The molecule has 0 saturated carbocycles. The summed E-state index contributed by atoms with van der Waals surface area (Å²) >= 11 is 0. The maximum Gasteiger partial charge on any atom is 0.230 e. The van der Waals surface area contributed by atoms with Crippen molar-refractivity contribution in [2.75, 3.05) is 13.1 Å². The molecule has 24 heavy (non-hydrogen) atoms. The van der Waals surface area contributed by atoms with Crippen molar-refractivity contribution in [2.24, 2.45) is 7.05 Å². The third kappa shape index (κ3) is 2.85. The molecule has 6 nitrogen and oxygen atoms in total. The number of nitrogens with zero attached hydrogens (tertiary/aromatic N) is 5. The van der Waals surface area contributed by atoms with Crippen molar-refractivity contribution in [3.05, 3.63) is 35.2 Å². The fraction of sp³-hybridized carbons (Fsp3) is 0.611. The minimum absolute atomic E-state index is 0.152. The number of likely N-dealkylation sites (tertiary alicyclic amines) is 1. The van der Waals surface area contributed by atoms with E-state index in [-0.39, 0.29) is 11.8 Å². The first-order chi connectivity index (χ1) is 11.4. The van der Waals surface area contributed by atoms with Crippen LogP contribution in [0, 0.1) is 20.8 Å². The number of aryl methyl sites for hydroxylation is 3. The molecule has 0 spiro atoms. The molecule has 1 aliphatic rings. The fourth-order valence-electron chi connectivity index (χ4n) is 3.97. The summed E-state index contributed by atoms with van der Waals surface area (Å²) in [5.74, 6) is 1.07. The number of hydrogen-bond acceptors (Lipinski definition) is 3. The number of hydrogen-bond donors (Lipinski definition) is 0. The molecule has 2 aromatic heterocycles. The topological polar surface area (TPSA) is 56.0 Å². The lowest BCUT2D eigenvalue weighted by molar-refractivity contribution is -0.134. The molecule has 0 N–H and O–H groups in total. The number of rotatable bonds is 3. The van der Waals surface area contributed by atoms with Crippen LogP contribution in [0.1, 0.15) is 54.5 Å². The number of amides is 1. The van der Waals surface area contributed by atoms with E-state index in [1.807, 2.05) is 56.7 Å². The van der Waals surface area contributed by atoms with Gasteiger partial charge < -0.3 is 9.47 Å². The third-order valence-electron chi connectivity index (χ3n) is 5.33. The van der Waals surface area contributed by atoms with Crippen molar-refractivity contribution in [3.63, 3.8) is 0 Å². The first kappa shape index (κ1) is 16.7.